The predicted molar refractivity (Wildman–Crippen MR) is 123 cm³/mol. The van der Waals surface area contributed by atoms with E-state index in [1.807, 2.05) is 29.6 Å². The summed E-state index contributed by atoms with van der Waals surface area (Å²) in [5, 5.41) is 17.4. The van der Waals surface area contributed by atoms with Gasteiger partial charge in [0, 0.05) is 23.1 Å². The van der Waals surface area contributed by atoms with E-state index in [1.165, 1.54) is 35.6 Å². The largest absolute Gasteiger partial charge is 0.489 e. The zero-order valence-corrected chi connectivity index (χ0v) is 17.5. The second-order valence-electron chi connectivity index (χ2n) is 6.70. The molecule has 0 saturated carbocycles. The molecule has 0 unspecified atom stereocenters. The van der Waals surface area contributed by atoms with Crippen molar-refractivity contribution in [3.63, 3.8) is 0 Å². The molecule has 0 radical (unpaired) electrons. The summed E-state index contributed by atoms with van der Waals surface area (Å²) in [7, 11) is 0. The number of thiazole rings is 1. The number of nitrogens with zero attached hydrogens (tertiary/aromatic N) is 3. The molecule has 32 heavy (non-hydrogen) atoms. The maximum absolute atomic E-state index is 12.9. The Labute approximate surface area is 187 Å². The van der Waals surface area contributed by atoms with Crippen LogP contribution in [-0.4, -0.2) is 16.1 Å². The van der Waals surface area contributed by atoms with Gasteiger partial charge in [-0.25, -0.2) is 9.37 Å². The highest BCUT2D eigenvalue weighted by Crippen LogP contribution is 2.26. The van der Waals surface area contributed by atoms with Gasteiger partial charge < -0.3 is 4.74 Å². The van der Waals surface area contributed by atoms with Crippen LogP contribution in [0.3, 0.4) is 0 Å². The van der Waals surface area contributed by atoms with Gasteiger partial charge in [0.1, 0.15) is 18.2 Å². The molecule has 4 rings (SSSR count). The van der Waals surface area contributed by atoms with Gasteiger partial charge in [-0.1, -0.05) is 12.1 Å². The van der Waals surface area contributed by atoms with Crippen molar-refractivity contribution in [3.8, 4) is 17.0 Å². The molecule has 160 valence electrons. The van der Waals surface area contributed by atoms with Crippen molar-refractivity contribution in [2.24, 2.45) is 5.10 Å². The van der Waals surface area contributed by atoms with Gasteiger partial charge in [-0.15, -0.1) is 11.3 Å². The Balaban J connectivity index is 1.30. The number of aromatic nitrogens is 1. The lowest BCUT2D eigenvalue weighted by Gasteiger charge is -2.06. The monoisotopic (exact) mass is 448 g/mol. The number of nitrogens with one attached hydrogen (secondary N) is 1. The van der Waals surface area contributed by atoms with E-state index in [0.29, 0.717) is 23.2 Å². The molecule has 0 amide bonds. The lowest BCUT2D eigenvalue weighted by atomic mass is 10.1. The third kappa shape index (κ3) is 5.52. The standard InChI is InChI=1S/C23H17FN4O3S/c24-19-7-1-17(2-8-19)14-31-21-11-3-16(4-12-21)13-25-27-23-26-22(15-32-23)18-5-9-20(10-6-18)28(29)30/h1-13,15H,14H2,(H,26,27)/b25-13+. The third-order valence-corrected chi connectivity index (χ3v) is 5.20. The van der Waals surface area contributed by atoms with Gasteiger partial charge in [-0.2, -0.15) is 5.10 Å². The minimum Gasteiger partial charge on any atom is -0.489 e. The molecule has 1 N–H and O–H groups in total. The first-order valence-electron chi connectivity index (χ1n) is 9.53. The average Bonchev–Trinajstić information content (AvgIpc) is 3.28. The van der Waals surface area contributed by atoms with Crippen LogP contribution in [-0.2, 0) is 6.61 Å². The van der Waals surface area contributed by atoms with Crippen LogP contribution in [0.1, 0.15) is 11.1 Å². The van der Waals surface area contributed by atoms with Crippen LogP contribution >= 0.6 is 11.3 Å². The zero-order chi connectivity index (χ0) is 22.3. The van der Waals surface area contributed by atoms with Crippen molar-refractivity contribution in [1.82, 2.24) is 4.98 Å². The Hall–Kier alpha value is -4.11. The maximum atomic E-state index is 12.9. The highest BCUT2D eigenvalue weighted by Gasteiger charge is 2.08. The van der Waals surface area contributed by atoms with Crippen LogP contribution in [0, 0.1) is 15.9 Å². The number of hydrogen-bond acceptors (Lipinski definition) is 7. The number of rotatable bonds is 8. The van der Waals surface area contributed by atoms with E-state index >= 15 is 0 Å². The van der Waals surface area contributed by atoms with Crippen molar-refractivity contribution in [2.45, 2.75) is 6.61 Å². The quantitative estimate of drug-likeness (QED) is 0.206. The second-order valence-corrected chi connectivity index (χ2v) is 7.55. The van der Waals surface area contributed by atoms with E-state index in [2.05, 4.69) is 15.5 Å². The first-order valence-corrected chi connectivity index (χ1v) is 10.4. The average molecular weight is 448 g/mol. The fourth-order valence-electron chi connectivity index (χ4n) is 2.77. The number of nitro benzene ring substituents is 1. The van der Waals surface area contributed by atoms with E-state index in [0.717, 1.165) is 16.7 Å². The minimum absolute atomic E-state index is 0.0406. The van der Waals surface area contributed by atoms with E-state index < -0.39 is 4.92 Å². The predicted octanol–water partition coefficient (Wildman–Crippen LogP) is 5.88. The smallest absolute Gasteiger partial charge is 0.269 e. The van der Waals surface area contributed by atoms with Crippen molar-refractivity contribution < 1.29 is 14.1 Å². The summed E-state index contributed by atoms with van der Waals surface area (Å²) in [6, 6.07) is 19.8. The Bertz CT molecular complexity index is 1220. The van der Waals surface area contributed by atoms with E-state index in [-0.39, 0.29) is 11.5 Å². The first-order chi connectivity index (χ1) is 15.6. The number of nitro groups is 1. The summed E-state index contributed by atoms with van der Waals surface area (Å²) in [6.07, 6.45) is 1.66. The van der Waals surface area contributed by atoms with Gasteiger partial charge in [-0.3, -0.25) is 15.5 Å². The Morgan fingerprint density at radius 1 is 1.06 bits per heavy atom. The second kappa shape index (κ2) is 9.80. The highest BCUT2D eigenvalue weighted by molar-refractivity contribution is 7.14. The molecule has 0 spiro atoms. The van der Waals surface area contributed by atoms with E-state index in [1.54, 1.807) is 30.5 Å². The van der Waals surface area contributed by atoms with Gasteiger partial charge in [0.05, 0.1) is 16.8 Å². The topological polar surface area (TPSA) is 89.7 Å². The van der Waals surface area contributed by atoms with Crippen LogP contribution < -0.4 is 10.2 Å². The number of benzene rings is 3. The van der Waals surface area contributed by atoms with Crippen LogP contribution in [0.4, 0.5) is 15.2 Å². The number of anilines is 1. The number of hydrazone groups is 1. The fourth-order valence-corrected chi connectivity index (χ4v) is 3.44. The van der Waals surface area contributed by atoms with Crippen molar-refractivity contribution >= 4 is 28.4 Å². The summed E-state index contributed by atoms with van der Waals surface area (Å²) in [4.78, 5) is 14.8. The lowest BCUT2D eigenvalue weighted by molar-refractivity contribution is -0.384. The van der Waals surface area contributed by atoms with Gasteiger partial charge in [-0.05, 0) is 59.7 Å². The molecule has 1 aromatic heterocycles. The van der Waals surface area contributed by atoms with Crippen LogP contribution in [0.2, 0.25) is 0 Å². The lowest BCUT2D eigenvalue weighted by Crippen LogP contribution is -1.96. The number of hydrogen-bond donors (Lipinski definition) is 1. The fraction of sp³-hybridized carbons (Fsp3) is 0.0435. The molecule has 9 heteroatoms. The van der Waals surface area contributed by atoms with Crippen LogP contribution in [0.5, 0.6) is 5.75 Å². The van der Waals surface area contributed by atoms with Crippen molar-refractivity contribution in [2.75, 3.05) is 5.43 Å². The Morgan fingerprint density at radius 3 is 2.47 bits per heavy atom. The van der Waals surface area contributed by atoms with E-state index in [9.17, 15) is 14.5 Å². The summed E-state index contributed by atoms with van der Waals surface area (Å²) >= 11 is 1.38. The Kier molecular flexibility index (Phi) is 6.47. The summed E-state index contributed by atoms with van der Waals surface area (Å²) in [5.41, 5.74) is 6.19. The van der Waals surface area contributed by atoms with Gasteiger partial charge in [0.15, 0.2) is 0 Å². The molecule has 0 bridgehead atoms. The summed E-state index contributed by atoms with van der Waals surface area (Å²) < 4.78 is 18.6. The molecule has 0 saturated heterocycles. The Morgan fingerprint density at radius 2 is 1.78 bits per heavy atom. The zero-order valence-electron chi connectivity index (χ0n) is 16.6. The highest BCUT2D eigenvalue weighted by atomic mass is 32.1. The van der Waals surface area contributed by atoms with Gasteiger partial charge in [0.2, 0.25) is 5.13 Å². The summed E-state index contributed by atoms with van der Waals surface area (Å²) in [5.74, 6) is 0.429. The molecular formula is C23H17FN4O3S. The molecule has 0 atom stereocenters. The molecule has 0 fully saturated rings. The molecule has 0 aliphatic heterocycles. The summed E-state index contributed by atoms with van der Waals surface area (Å²) in [6.45, 7) is 0.358. The van der Waals surface area contributed by atoms with Crippen LogP contribution in [0.15, 0.2) is 83.3 Å². The van der Waals surface area contributed by atoms with Crippen molar-refractivity contribution in [3.05, 3.63) is 105 Å². The van der Waals surface area contributed by atoms with E-state index in [4.69, 9.17) is 4.74 Å². The van der Waals surface area contributed by atoms with Gasteiger partial charge >= 0.3 is 0 Å². The first kappa shape index (κ1) is 21.1. The van der Waals surface area contributed by atoms with Crippen molar-refractivity contribution in [1.29, 1.82) is 0 Å². The molecular weight excluding hydrogens is 431 g/mol. The molecule has 4 aromatic rings. The minimum atomic E-state index is -0.434. The number of non-ortho nitro benzene ring substituents is 1. The molecule has 7 nitrogen and oxygen atoms in total. The SMILES string of the molecule is O=[N+]([O-])c1ccc(-c2csc(N/N=C/c3ccc(OCc4ccc(F)cc4)cc3)n2)cc1. The molecule has 3 aromatic carbocycles. The third-order valence-electron chi connectivity index (χ3n) is 4.45. The molecule has 1 heterocycles. The van der Waals surface area contributed by atoms with Crippen LogP contribution in [0.25, 0.3) is 11.3 Å². The maximum Gasteiger partial charge on any atom is 0.269 e. The number of halogens is 1. The number of ether oxygens (including phenoxy) is 1. The molecule has 0 aliphatic rings. The molecule has 0 aliphatic carbocycles. The van der Waals surface area contributed by atoms with Gasteiger partial charge in [0.25, 0.3) is 5.69 Å². The normalized spacial score (nSPS) is 10.9.